The summed E-state index contributed by atoms with van der Waals surface area (Å²) in [6.45, 7) is 0.405. The number of carbonyl (C=O) groups excluding carboxylic acids is 2. The molecular weight excluding hydrogens is 534 g/mol. The zero-order valence-electron chi connectivity index (χ0n) is 20.9. The number of carbonyl (C=O) groups is 2. The van der Waals surface area contributed by atoms with Crippen molar-refractivity contribution in [2.75, 3.05) is 9.96 Å². The van der Waals surface area contributed by atoms with Gasteiger partial charge in [0.15, 0.2) is 6.10 Å². The number of imide groups is 1. The van der Waals surface area contributed by atoms with Gasteiger partial charge in [0, 0.05) is 6.07 Å². The maximum Gasteiger partial charge on any atom is 0.289 e. The van der Waals surface area contributed by atoms with Crippen LogP contribution in [0.25, 0.3) is 0 Å². The van der Waals surface area contributed by atoms with E-state index in [1.54, 1.807) is 5.06 Å². The quantitative estimate of drug-likeness (QED) is 0.159. The fourth-order valence-electron chi connectivity index (χ4n) is 5.09. The summed E-state index contributed by atoms with van der Waals surface area (Å²) in [7, 11) is 0. The van der Waals surface area contributed by atoms with Gasteiger partial charge in [-0.3, -0.25) is 24.5 Å². The molecule has 0 radical (unpaired) electrons. The lowest BCUT2D eigenvalue weighted by Gasteiger charge is -2.28. The van der Waals surface area contributed by atoms with Crippen LogP contribution in [0.5, 0.6) is 5.75 Å². The van der Waals surface area contributed by atoms with E-state index >= 15 is 0 Å². The first-order chi connectivity index (χ1) is 19.4. The number of halogens is 1. The number of ether oxygens (including phenoxy) is 1. The fourth-order valence-corrected chi connectivity index (χ4v) is 5.28. The Morgan fingerprint density at radius 1 is 0.850 bits per heavy atom. The highest BCUT2D eigenvalue weighted by Crippen LogP contribution is 2.48. The van der Waals surface area contributed by atoms with Gasteiger partial charge in [-0.15, -0.1) is 0 Å². The number of hydrogen-bond acceptors (Lipinski definition) is 7. The zero-order valence-corrected chi connectivity index (χ0v) is 21.7. The summed E-state index contributed by atoms with van der Waals surface area (Å²) < 4.78 is 5.92. The van der Waals surface area contributed by atoms with Crippen LogP contribution in [0.1, 0.15) is 17.2 Å². The van der Waals surface area contributed by atoms with Gasteiger partial charge < -0.3 is 4.74 Å². The SMILES string of the molecule is O=C1[C@@H]2[C@H](ON(c3ccccc3)[C@@H]2c2ccc(OCc3ccccc3)cc2)C(=O)N1c1ccc(Cl)c([N+](=O)[O-])c1. The maximum atomic E-state index is 13.8. The molecule has 10 heteroatoms. The van der Waals surface area contributed by atoms with E-state index in [9.17, 15) is 19.7 Å². The number of rotatable bonds is 7. The molecule has 2 amide bonds. The molecule has 40 heavy (non-hydrogen) atoms. The van der Waals surface area contributed by atoms with E-state index in [-0.39, 0.29) is 10.7 Å². The van der Waals surface area contributed by atoms with E-state index in [1.165, 1.54) is 12.1 Å². The molecule has 0 unspecified atom stereocenters. The van der Waals surface area contributed by atoms with Gasteiger partial charge >= 0.3 is 0 Å². The second kappa shape index (κ2) is 10.4. The lowest BCUT2D eigenvalue weighted by Crippen LogP contribution is -2.37. The molecule has 3 atom stereocenters. The third-order valence-corrected chi connectivity index (χ3v) is 7.30. The van der Waals surface area contributed by atoms with Crippen molar-refractivity contribution in [3.63, 3.8) is 0 Å². The normalized spacial score (nSPS) is 20.1. The number of para-hydroxylation sites is 1. The molecule has 6 rings (SSSR count). The van der Waals surface area contributed by atoms with Crippen molar-refractivity contribution in [3.05, 3.63) is 129 Å². The number of nitro benzene ring substituents is 1. The van der Waals surface area contributed by atoms with Crippen molar-refractivity contribution in [3.8, 4) is 5.75 Å². The number of hydrogen-bond donors (Lipinski definition) is 0. The monoisotopic (exact) mass is 555 g/mol. The summed E-state index contributed by atoms with van der Waals surface area (Å²) >= 11 is 5.95. The molecule has 2 fully saturated rings. The second-order valence-electron chi connectivity index (χ2n) is 9.41. The number of nitro groups is 1. The molecule has 4 aromatic rings. The maximum absolute atomic E-state index is 13.8. The summed E-state index contributed by atoms with van der Waals surface area (Å²) in [4.78, 5) is 45.2. The minimum Gasteiger partial charge on any atom is -0.489 e. The number of benzene rings is 4. The molecule has 0 N–H and O–H groups in total. The van der Waals surface area contributed by atoms with Crippen molar-refractivity contribution in [2.45, 2.75) is 18.8 Å². The Morgan fingerprint density at radius 2 is 1.52 bits per heavy atom. The van der Waals surface area contributed by atoms with Gasteiger partial charge in [0.2, 0.25) is 5.91 Å². The molecule has 2 saturated heterocycles. The first-order valence-corrected chi connectivity index (χ1v) is 12.9. The van der Waals surface area contributed by atoms with E-state index < -0.39 is 40.5 Å². The van der Waals surface area contributed by atoms with Crippen LogP contribution < -0.4 is 14.7 Å². The third kappa shape index (κ3) is 4.55. The Kier molecular flexibility index (Phi) is 6.67. The van der Waals surface area contributed by atoms with E-state index in [1.807, 2.05) is 84.9 Å². The van der Waals surface area contributed by atoms with Gasteiger partial charge in [0.1, 0.15) is 23.3 Å². The number of fused-ring (bicyclic) bond motifs is 1. The van der Waals surface area contributed by atoms with E-state index in [2.05, 4.69) is 0 Å². The van der Waals surface area contributed by atoms with E-state index in [0.29, 0.717) is 18.0 Å². The smallest absolute Gasteiger partial charge is 0.289 e. The van der Waals surface area contributed by atoms with E-state index in [4.69, 9.17) is 21.2 Å². The summed E-state index contributed by atoms with van der Waals surface area (Å²) in [5, 5.41) is 12.9. The Hall–Kier alpha value is -4.73. The summed E-state index contributed by atoms with van der Waals surface area (Å²) in [5.74, 6) is -1.35. The Morgan fingerprint density at radius 3 is 2.20 bits per heavy atom. The topological polar surface area (TPSA) is 102 Å². The van der Waals surface area contributed by atoms with Crippen LogP contribution in [0.15, 0.2) is 103 Å². The van der Waals surface area contributed by atoms with Gasteiger partial charge in [-0.25, -0.2) is 9.96 Å². The molecule has 2 aliphatic rings. The lowest BCUT2D eigenvalue weighted by molar-refractivity contribution is -0.384. The fraction of sp³-hybridized carbons (Fsp3) is 0.133. The molecule has 0 saturated carbocycles. The molecule has 0 bridgehead atoms. The lowest BCUT2D eigenvalue weighted by atomic mass is 9.90. The predicted octanol–water partition coefficient (Wildman–Crippen LogP) is 5.88. The van der Waals surface area contributed by atoms with Crippen molar-refractivity contribution in [1.29, 1.82) is 0 Å². The molecule has 9 nitrogen and oxygen atoms in total. The van der Waals surface area contributed by atoms with Crippen LogP contribution >= 0.6 is 11.6 Å². The Balaban J connectivity index is 1.32. The molecule has 4 aromatic carbocycles. The van der Waals surface area contributed by atoms with E-state index in [0.717, 1.165) is 22.1 Å². The Labute approximate surface area is 234 Å². The van der Waals surface area contributed by atoms with Crippen LogP contribution in [0.4, 0.5) is 17.1 Å². The number of hydroxylamine groups is 1. The molecule has 0 aliphatic carbocycles. The van der Waals surface area contributed by atoms with Gasteiger partial charge in [0.25, 0.3) is 11.6 Å². The molecule has 0 aromatic heterocycles. The van der Waals surface area contributed by atoms with Crippen molar-refractivity contribution < 1.29 is 24.1 Å². The first-order valence-electron chi connectivity index (χ1n) is 12.5. The van der Waals surface area contributed by atoms with Crippen LogP contribution in [-0.2, 0) is 21.0 Å². The molecular formula is C30H22ClN3O6. The van der Waals surface area contributed by atoms with Crippen LogP contribution in [-0.4, -0.2) is 22.8 Å². The van der Waals surface area contributed by atoms with Crippen molar-refractivity contribution in [1.82, 2.24) is 0 Å². The summed E-state index contributed by atoms with van der Waals surface area (Å²) in [5.41, 5.74) is 2.13. The number of anilines is 2. The predicted molar refractivity (Wildman–Crippen MR) is 148 cm³/mol. The van der Waals surface area contributed by atoms with Crippen molar-refractivity contribution in [2.24, 2.45) is 5.92 Å². The summed E-state index contributed by atoms with van der Waals surface area (Å²) in [6, 6.07) is 29.5. The first kappa shape index (κ1) is 25.5. The average Bonchev–Trinajstić information content (AvgIpc) is 3.49. The second-order valence-corrected chi connectivity index (χ2v) is 9.81. The molecule has 2 aliphatic heterocycles. The Bertz CT molecular complexity index is 1580. The largest absolute Gasteiger partial charge is 0.489 e. The number of nitrogens with zero attached hydrogens (tertiary/aromatic N) is 3. The molecule has 2 heterocycles. The minimum absolute atomic E-state index is 0.0683. The highest BCUT2D eigenvalue weighted by molar-refractivity contribution is 6.33. The van der Waals surface area contributed by atoms with Gasteiger partial charge in [-0.05, 0) is 47.5 Å². The average molecular weight is 556 g/mol. The van der Waals surface area contributed by atoms with Gasteiger partial charge in [0.05, 0.1) is 22.3 Å². The van der Waals surface area contributed by atoms with Crippen LogP contribution in [0, 0.1) is 16.0 Å². The van der Waals surface area contributed by atoms with Crippen LogP contribution in [0.3, 0.4) is 0 Å². The molecule has 0 spiro atoms. The third-order valence-electron chi connectivity index (χ3n) is 6.98. The zero-order chi connectivity index (χ0) is 27.8. The highest BCUT2D eigenvalue weighted by atomic mass is 35.5. The van der Waals surface area contributed by atoms with Crippen molar-refractivity contribution >= 4 is 40.5 Å². The highest BCUT2D eigenvalue weighted by Gasteiger charge is 2.60. The minimum atomic E-state index is -1.11. The van der Waals surface area contributed by atoms with Crippen LogP contribution in [0.2, 0.25) is 5.02 Å². The van der Waals surface area contributed by atoms with Gasteiger partial charge in [-0.1, -0.05) is 72.3 Å². The standard InChI is InChI=1S/C30H22ClN3O6/c31-24-16-13-22(17-25(24)34(37)38)32-29(35)26-27(33(40-28(26)30(32)36)21-9-5-2-6-10-21)20-11-14-23(15-12-20)39-18-19-7-3-1-4-8-19/h1-17,26-28H,18H2/t26-,27+,28-/m0/s1. The molecule has 200 valence electrons. The number of amides is 2. The summed E-state index contributed by atoms with van der Waals surface area (Å²) in [6.07, 6.45) is -1.11. The van der Waals surface area contributed by atoms with Gasteiger partial charge in [-0.2, -0.15) is 0 Å².